The van der Waals surface area contributed by atoms with E-state index in [9.17, 15) is 4.79 Å². The number of nitrogens with zero attached hydrogens (tertiary/aromatic N) is 1. The van der Waals surface area contributed by atoms with Gasteiger partial charge in [0.15, 0.2) is 0 Å². The van der Waals surface area contributed by atoms with Crippen LogP contribution in [0.3, 0.4) is 0 Å². The minimum atomic E-state index is -0.215. The van der Waals surface area contributed by atoms with Gasteiger partial charge in [0.1, 0.15) is 18.9 Å². The minimum absolute atomic E-state index is 0.215. The average Bonchev–Trinajstić information content (AvgIpc) is 2.82. The third-order valence-corrected chi connectivity index (χ3v) is 4.65. The molecule has 0 unspecified atom stereocenters. The van der Waals surface area contributed by atoms with Crippen molar-refractivity contribution in [3.63, 3.8) is 0 Å². The summed E-state index contributed by atoms with van der Waals surface area (Å²) < 4.78 is 11.8. The number of nitrogens with one attached hydrogen (secondary N) is 1. The second-order valence-corrected chi connectivity index (χ2v) is 7.42. The molecule has 0 bridgehead atoms. The lowest BCUT2D eigenvalue weighted by Crippen LogP contribution is -2.16. The van der Waals surface area contributed by atoms with E-state index in [1.165, 1.54) is 0 Å². The molecule has 32 heavy (non-hydrogen) atoms. The van der Waals surface area contributed by atoms with Gasteiger partial charge in [0.25, 0.3) is 5.91 Å². The number of aromatic nitrogens is 1. The fraction of sp³-hybridized carbons (Fsp3) is 0.185. The number of ether oxygens (including phenoxy) is 2. The molecule has 3 aromatic rings. The first-order chi connectivity index (χ1) is 15.6. The van der Waals surface area contributed by atoms with Gasteiger partial charge in [-0.1, -0.05) is 78.4 Å². The number of rotatable bonds is 9. The molecular formula is C27H28N2O3. The monoisotopic (exact) mass is 428 g/mol. The summed E-state index contributed by atoms with van der Waals surface area (Å²) >= 11 is 0. The molecule has 0 fully saturated rings. The second kappa shape index (κ2) is 11.5. The Balaban J connectivity index is 1.82. The van der Waals surface area contributed by atoms with E-state index in [1.807, 2.05) is 87.5 Å². The molecule has 0 saturated carbocycles. The highest BCUT2D eigenvalue weighted by molar-refractivity contribution is 6.06. The van der Waals surface area contributed by atoms with Crippen LogP contribution in [0.1, 0.15) is 31.9 Å². The van der Waals surface area contributed by atoms with Crippen LogP contribution >= 0.6 is 0 Å². The first-order valence-electron chi connectivity index (χ1n) is 10.5. The Bertz CT molecular complexity index is 1090. The number of carbonyl (C=O) groups excluding carboxylic acids is 1. The van der Waals surface area contributed by atoms with Gasteiger partial charge in [-0.25, -0.2) is 0 Å². The Morgan fingerprint density at radius 3 is 2.03 bits per heavy atom. The summed E-state index contributed by atoms with van der Waals surface area (Å²) in [6.07, 6.45) is 3.63. The normalized spacial score (nSPS) is 10.6. The van der Waals surface area contributed by atoms with Crippen molar-refractivity contribution in [1.29, 1.82) is 0 Å². The van der Waals surface area contributed by atoms with Gasteiger partial charge < -0.3 is 14.8 Å². The van der Waals surface area contributed by atoms with Gasteiger partial charge in [-0.3, -0.25) is 4.79 Å². The van der Waals surface area contributed by atoms with E-state index in [2.05, 4.69) is 10.3 Å². The summed E-state index contributed by atoms with van der Waals surface area (Å²) in [5, 5.41) is 2.92. The van der Waals surface area contributed by atoms with Crippen molar-refractivity contribution in [2.45, 2.75) is 34.0 Å². The van der Waals surface area contributed by atoms with Crippen molar-refractivity contribution in [3.05, 3.63) is 107 Å². The van der Waals surface area contributed by atoms with Crippen molar-refractivity contribution >= 4 is 11.6 Å². The summed E-state index contributed by atoms with van der Waals surface area (Å²) in [7, 11) is 0. The first kappa shape index (κ1) is 22.8. The molecule has 0 saturated heterocycles. The molecule has 1 amide bonds. The van der Waals surface area contributed by atoms with Crippen molar-refractivity contribution in [3.8, 4) is 11.8 Å². The standard InChI is InChI=1S/C27H28N2O3/c1-4-11-23(20(2)3)26(30)28-24-16-17-25(31-18-21-12-7-5-8-13-21)29-27(24)32-19-22-14-9-6-10-15-22/h4-17H,18-19H2,1-3H3,(H,28,30)/b11-4-. The number of anilines is 1. The number of pyridine rings is 1. The molecule has 1 heterocycles. The van der Waals surface area contributed by atoms with Crippen LogP contribution in [0.2, 0.25) is 0 Å². The van der Waals surface area contributed by atoms with E-state index >= 15 is 0 Å². The van der Waals surface area contributed by atoms with Crippen LogP contribution < -0.4 is 14.8 Å². The Hall–Kier alpha value is -3.86. The summed E-state index contributed by atoms with van der Waals surface area (Å²) in [5.41, 5.74) is 4.05. The lowest BCUT2D eigenvalue weighted by molar-refractivity contribution is -0.112. The molecule has 164 valence electrons. The van der Waals surface area contributed by atoms with E-state index in [-0.39, 0.29) is 5.91 Å². The molecule has 0 spiro atoms. The highest BCUT2D eigenvalue weighted by Gasteiger charge is 2.15. The molecule has 0 atom stereocenters. The topological polar surface area (TPSA) is 60.5 Å². The Morgan fingerprint density at radius 1 is 0.875 bits per heavy atom. The first-order valence-corrected chi connectivity index (χ1v) is 10.5. The van der Waals surface area contributed by atoms with Gasteiger partial charge in [0.2, 0.25) is 11.8 Å². The zero-order valence-electron chi connectivity index (χ0n) is 18.7. The van der Waals surface area contributed by atoms with E-state index in [4.69, 9.17) is 9.47 Å². The van der Waals surface area contributed by atoms with Gasteiger partial charge in [-0.05, 0) is 38.0 Å². The summed E-state index contributed by atoms with van der Waals surface area (Å²) in [5.74, 6) is 0.513. The van der Waals surface area contributed by atoms with Crippen molar-refractivity contribution in [2.75, 3.05) is 5.32 Å². The maximum atomic E-state index is 12.8. The smallest absolute Gasteiger partial charge is 0.255 e. The Labute approximate surface area is 189 Å². The fourth-order valence-electron chi connectivity index (χ4n) is 2.99. The lowest BCUT2D eigenvalue weighted by atomic mass is 10.1. The second-order valence-electron chi connectivity index (χ2n) is 7.42. The SMILES string of the molecule is C/C=C\C(C(=O)Nc1ccc(OCc2ccccc2)nc1OCc1ccccc1)=C(C)C. The largest absolute Gasteiger partial charge is 0.473 e. The molecule has 0 aliphatic rings. The molecule has 5 nitrogen and oxygen atoms in total. The molecule has 1 N–H and O–H groups in total. The van der Waals surface area contributed by atoms with Gasteiger partial charge in [-0.2, -0.15) is 4.98 Å². The van der Waals surface area contributed by atoms with Crippen LogP contribution in [-0.2, 0) is 18.0 Å². The van der Waals surface area contributed by atoms with Crippen LogP contribution in [-0.4, -0.2) is 10.9 Å². The zero-order chi connectivity index (χ0) is 22.8. The van der Waals surface area contributed by atoms with Crippen molar-refractivity contribution < 1.29 is 14.3 Å². The Morgan fingerprint density at radius 2 is 1.47 bits per heavy atom. The number of hydrogen-bond acceptors (Lipinski definition) is 4. The third-order valence-electron chi connectivity index (χ3n) is 4.65. The van der Waals surface area contributed by atoms with Crippen LogP contribution in [0.5, 0.6) is 11.8 Å². The molecular weight excluding hydrogens is 400 g/mol. The van der Waals surface area contributed by atoms with Gasteiger partial charge >= 0.3 is 0 Å². The molecule has 0 aliphatic heterocycles. The van der Waals surface area contributed by atoms with Crippen LogP contribution in [0.15, 0.2) is 96.1 Å². The zero-order valence-corrected chi connectivity index (χ0v) is 18.7. The molecule has 2 aromatic carbocycles. The van der Waals surface area contributed by atoms with E-state index in [0.717, 1.165) is 16.7 Å². The van der Waals surface area contributed by atoms with Gasteiger partial charge in [-0.15, -0.1) is 0 Å². The minimum Gasteiger partial charge on any atom is -0.473 e. The number of carbonyl (C=O) groups is 1. The molecule has 5 heteroatoms. The van der Waals surface area contributed by atoms with E-state index in [1.54, 1.807) is 18.2 Å². The molecule has 1 aromatic heterocycles. The lowest BCUT2D eigenvalue weighted by Gasteiger charge is -2.14. The molecule has 0 radical (unpaired) electrons. The number of allylic oxidation sites excluding steroid dienone is 2. The number of amides is 1. The average molecular weight is 429 g/mol. The molecule has 0 aliphatic carbocycles. The van der Waals surface area contributed by atoms with E-state index < -0.39 is 0 Å². The van der Waals surface area contributed by atoms with Crippen molar-refractivity contribution in [1.82, 2.24) is 4.98 Å². The van der Waals surface area contributed by atoms with Crippen LogP contribution in [0.25, 0.3) is 0 Å². The van der Waals surface area contributed by atoms with E-state index in [0.29, 0.717) is 36.2 Å². The maximum absolute atomic E-state index is 12.8. The van der Waals surface area contributed by atoms with Crippen LogP contribution in [0, 0.1) is 0 Å². The molecule has 3 rings (SSSR count). The predicted molar refractivity (Wildman–Crippen MR) is 128 cm³/mol. The Kier molecular flexibility index (Phi) is 8.21. The predicted octanol–water partition coefficient (Wildman–Crippen LogP) is 6.09. The summed E-state index contributed by atoms with van der Waals surface area (Å²) in [4.78, 5) is 17.3. The summed E-state index contributed by atoms with van der Waals surface area (Å²) in [6, 6.07) is 23.1. The van der Waals surface area contributed by atoms with Crippen molar-refractivity contribution in [2.24, 2.45) is 0 Å². The highest BCUT2D eigenvalue weighted by atomic mass is 16.5. The number of hydrogen-bond donors (Lipinski definition) is 1. The van der Waals surface area contributed by atoms with Gasteiger partial charge in [0.05, 0.1) is 0 Å². The number of benzene rings is 2. The maximum Gasteiger partial charge on any atom is 0.255 e. The van der Waals surface area contributed by atoms with Crippen LogP contribution in [0.4, 0.5) is 5.69 Å². The third kappa shape index (κ3) is 6.57. The highest BCUT2D eigenvalue weighted by Crippen LogP contribution is 2.27. The quantitative estimate of drug-likeness (QED) is 0.331. The fourth-order valence-corrected chi connectivity index (χ4v) is 2.99. The summed E-state index contributed by atoms with van der Waals surface area (Å²) in [6.45, 7) is 6.40. The van der Waals surface area contributed by atoms with Gasteiger partial charge in [0, 0.05) is 11.6 Å².